The minimum absolute atomic E-state index is 0.291. The second-order valence-electron chi connectivity index (χ2n) is 4.80. The van der Waals surface area contributed by atoms with E-state index in [-0.39, 0.29) is 11.5 Å². The topological polar surface area (TPSA) is 88.0 Å². The molecule has 0 bridgehead atoms. The summed E-state index contributed by atoms with van der Waals surface area (Å²) in [6.45, 7) is 0. The lowest BCUT2D eigenvalue weighted by Gasteiger charge is -2.10. The number of amides is 1. The van der Waals surface area contributed by atoms with E-state index in [1.54, 1.807) is 17.4 Å². The van der Waals surface area contributed by atoms with Gasteiger partial charge in [-0.15, -0.1) is 11.3 Å². The number of nitrogens with one attached hydrogen (secondary N) is 2. The zero-order valence-corrected chi connectivity index (χ0v) is 14.2. The van der Waals surface area contributed by atoms with Crippen LogP contribution in [0.1, 0.15) is 10.4 Å². The highest BCUT2D eigenvalue weighted by molar-refractivity contribution is 9.10. The van der Waals surface area contributed by atoms with Crippen LogP contribution in [0.4, 0.5) is 11.4 Å². The zero-order chi connectivity index (χ0) is 16.4. The van der Waals surface area contributed by atoms with Gasteiger partial charge in [0, 0.05) is 11.1 Å². The molecule has 2 aromatic heterocycles. The van der Waals surface area contributed by atoms with Crippen LogP contribution in [0.25, 0.3) is 10.4 Å². The molecule has 0 aliphatic heterocycles. The Labute approximate surface area is 144 Å². The maximum absolute atomic E-state index is 12.3. The van der Waals surface area contributed by atoms with E-state index in [2.05, 4.69) is 26.2 Å². The molecule has 2 heterocycles. The average molecular weight is 390 g/mol. The molecule has 0 aliphatic carbocycles. The highest BCUT2D eigenvalue weighted by Gasteiger charge is 2.11. The molecule has 1 aromatic carbocycles. The predicted molar refractivity (Wildman–Crippen MR) is 96.9 cm³/mol. The fourth-order valence-corrected chi connectivity index (χ4v) is 3.13. The highest BCUT2D eigenvalue weighted by Crippen LogP contribution is 2.30. The van der Waals surface area contributed by atoms with Gasteiger partial charge in [-0.1, -0.05) is 12.1 Å². The Morgan fingerprint density at radius 2 is 2.09 bits per heavy atom. The normalized spacial score (nSPS) is 10.5. The summed E-state index contributed by atoms with van der Waals surface area (Å²) in [7, 11) is 0. The van der Waals surface area contributed by atoms with Crippen LogP contribution < -0.4 is 16.6 Å². The molecule has 5 nitrogen and oxygen atoms in total. The second kappa shape index (κ2) is 6.39. The third-order valence-electron chi connectivity index (χ3n) is 3.23. The first-order valence-electron chi connectivity index (χ1n) is 6.67. The average Bonchev–Trinajstić information content (AvgIpc) is 3.06. The number of anilines is 2. The lowest BCUT2D eigenvalue weighted by molar-refractivity contribution is 0.102. The standard InChI is InChI=1S/C16H12BrN3O2S/c17-11-6-10(8-19-16(11)22)15(21)20-13-7-9(3-4-12(13)18)14-2-1-5-23-14/h1-8H,18H2,(H,19,22)(H,20,21). The highest BCUT2D eigenvalue weighted by atomic mass is 79.9. The number of nitrogens with two attached hydrogens (primary N) is 1. The Balaban J connectivity index is 1.90. The number of hydrogen-bond donors (Lipinski definition) is 3. The Kier molecular flexibility index (Phi) is 4.31. The Morgan fingerprint density at radius 3 is 2.78 bits per heavy atom. The molecule has 3 rings (SSSR count). The van der Waals surface area contributed by atoms with Crippen molar-refractivity contribution in [2.75, 3.05) is 11.1 Å². The molecule has 0 saturated heterocycles. The van der Waals surface area contributed by atoms with Gasteiger partial charge in [0.05, 0.1) is 21.4 Å². The molecular formula is C16H12BrN3O2S. The van der Waals surface area contributed by atoms with Crippen molar-refractivity contribution in [2.24, 2.45) is 0 Å². The molecule has 0 fully saturated rings. The minimum Gasteiger partial charge on any atom is -0.397 e. The summed E-state index contributed by atoms with van der Waals surface area (Å²) in [6, 6.07) is 10.9. The fourth-order valence-electron chi connectivity index (χ4n) is 2.04. The van der Waals surface area contributed by atoms with E-state index >= 15 is 0 Å². The third-order valence-corrected chi connectivity index (χ3v) is 4.74. The number of halogens is 1. The first kappa shape index (κ1) is 15.5. The van der Waals surface area contributed by atoms with Crippen LogP contribution in [0.2, 0.25) is 0 Å². The smallest absolute Gasteiger partial charge is 0.262 e. The van der Waals surface area contributed by atoms with E-state index in [1.807, 2.05) is 29.6 Å². The Hall–Kier alpha value is -2.38. The minimum atomic E-state index is -0.350. The number of rotatable bonds is 3. The van der Waals surface area contributed by atoms with Crippen molar-refractivity contribution in [1.82, 2.24) is 4.98 Å². The molecule has 0 aliphatic rings. The molecule has 0 unspecified atom stereocenters. The van der Waals surface area contributed by atoms with E-state index < -0.39 is 0 Å². The van der Waals surface area contributed by atoms with Gasteiger partial charge in [-0.05, 0) is 51.1 Å². The number of aromatic nitrogens is 1. The monoisotopic (exact) mass is 389 g/mol. The largest absolute Gasteiger partial charge is 0.397 e. The van der Waals surface area contributed by atoms with Crippen LogP contribution in [-0.4, -0.2) is 10.9 Å². The van der Waals surface area contributed by atoms with Crippen LogP contribution in [0.5, 0.6) is 0 Å². The van der Waals surface area contributed by atoms with Crippen LogP contribution >= 0.6 is 27.3 Å². The summed E-state index contributed by atoms with van der Waals surface area (Å²) in [4.78, 5) is 27.2. The number of carbonyl (C=O) groups is 1. The zero-order valence-electron chi connectivity index (χ0n) is 11.8. The molecule has 1 amide bonds. The molecular weight excluding hydrogens is 378 g/mol. The summed E-state index contributed by atoms with van der Waals surface area (Å²) >= 11 is 4.71. The Bertz CT molecular complexity index is 919. The van der Waals surface area contributed by atoms with E-state index in [0.29, 0.717) is 21.4 Å². The fraction of sp³-hybridized carbons (Fsp3) is 0. The van der Waals surface area contributed by atoms with Gasteiger partial charge in [-0.2, -0.15) is 0 Å². The van der Waals surface area contributed by atoms with Crippen molar-refractivity contribution in [1.29, 1.82) is 0 Å². The van der Waals surface area contributed by atoms with Crippen LogP contribution in [0.3, 0.4) is 0 Å². The van der Waals surface area contributed by atoms with Gasteiger partial charge in [0.2, 0.25) is 0 Å². The Morgan fingerprint density at radius 1 is 1.26 bits per heavy atom. The molecule has 7 heteroatoms. The summed E-state index contributed by atoms with van der Waals surface area (Å²) < 4.78 is 0.297. The maximum atomic E-state index is 12.3. The van der Waals surface area contributed by atoms with Crippen molar-refractivity contribution < 1.29 is 4.79 Å². The lowest BCUT2D eigenvalue weighted by Crippen LogP contribution is -2.16. The number of benzene rings is 1. The maximum Gasteiger partial charge on any atom is 0.262 e. The van der Waals surface area contributed by atoms with Gasteiger partial charge in [-0.3, -0.25) is 9.59 Å². The number of carbonyl (C=O) groups excluding carboxylic acids is 1. The number of aromatic amines is 1. The first-order chi connectivity index (χ1) is 11.0. The number of pyridine rings is 1. The number of nitrogen functional groups attached to an aromatic ring is 1. The van der Waals surface area contributed by atoms with E-state index in [4.69, 9.17) is 5.73 Å². The number of hydrogen-bond acceptors (Lipinski definition) is 4. The van der Waals surface area contributed by atoms with Crippen molar-refractivity contribution in [3.8, 4) is 10.4 Å². The van der Waals surface area contributed by atoms with E-state index in [0.717, 1.165) is 10.4 Å². The first-order valence-corrected chi connectivity index (χ1v) is 8.35. The molecule has 23 heavy (non-hydrogen) atoms. The van der Waals surface area contributed by atoms with Gasteiger partial charge in [0.15, 0.2) is 0 Å². The van der Waals surface area contributed by atoms with Gasteiger partial charge in [0.25, 0.3) is 11.5 Å². The summed E-state index contributed by atoms with van der Waals surface area (Å²) in [5, 5.41) is 4.76. The van der Waals surface area contributed by atoms with E-state index in [1.165, 1.54) is 12.3 Å². The van der Waals surface area contributed by atoms with Crippen LogP contribution in [0, 0.1) is 0 Å². The van der Waals surface area contributed by atoms with E-state index in [9.17, 15) is 9.59 Å². The van der Waals surface area contributed by atoms with Crippen molar-refractivity contribution in [2.45, 2.75) is 0 Å². The van der Waals surface area contributed by atoms with Gasteiger partial charge < -0.3 is 16.0 Å². The number of H-pyrrole nitrogens is 1. The molecule has 116 valence electrons. The molecule has 0 saturated carbocycles. The summed E-state index contributed by atoms with van der Waals surface area (Å²) in [5.74, 6) is -0.350. The second-order valence-corrected chi connectivity index (χ2v) is 6.60. The summed E-state index contributed by atoms with van der Waals surface area (Å²) in [5.41, 5.74) is 7.97. The molecule has 0 spiro atoms. The van der Waals surface area contributed by atoms with Crippen LogP contribution in [-0.2, 0) is 0 Å². The number of thiophene rings is 1. The quantitative estimate of drug-likeness (QED) is 0.596. The van der Waals surface area contributed by atoms with Gasteiger partial charge in [0.1, 0.15) is 0 Å². The van der Waals surface area contributed by atoms with Crippen molar-refractivity contribution >= 4 is 44.5 Å². The predicted octanol–water partition coefficient (Wildman–Crippen LogP) is 3.70. The van der Waals surface area contributed by atoms with Crippen LogP contribution in [0.15, 0.2) is 57.2 Å². The molecule has 3 aromatic rings. The van der Waals surface area contributed by atoms with Gasteiger partial charge >= 0.3 is 0 Å². The third kappa shape index (κ3) is 3.35. The molecule has 4 N–H and O–H groups in total. The molecule has 0 radical (unpaired) electrons. The molecule has 0 atom stereocenters. The SMILES string of the molecule is Nc1ccc(-c2cccs2)cc1NC(=O)c1c[nH]c(=O)c(Br)c1. The summed E-state index contributed by atoms with van der Waals surface area (Å²) in [6.07, 6.45) is 1.36. The van der Waals surface area contributed by atoms with Gasteiger partial charge in [-0.25, -0.2) is 0 Å². The van der Waals surface area contributed by atoms with Crippen molar-refractivity contribution in [3.05, 3.63) is 68.4 Å². The lowest BCUT2D eigenvalue weighted by atomic mass is 10.1. The van der Waals surface area contributed by atoms with Crippen molar-refractivity contribution in [3.63, 3.8) is 0 Å².